The number of thioether (sulfide) groups is 2. The third-order valence-corrected chi connectivity index (χ3v) is 12.6. The van der Waals surface area contributed by atoms with E-state index in [-0.39, 0.29) is 31.6 Å². The molecule has 4 rings (SSSR count). The minimum absolute atomic E-state index is 0.0895. The van der Waals surface area contributed by atoms with Crippen molar-refractivity contribution in [1.82, 2.24) is 9.80 Å². The molecular formula is C40H62N2O3S2. The molecule has 2 aliphatic rings. The molecule has 2 aromatic carbocycles. The van der Waals surface area contributed by atoms with Crippen LogP contribution in [0.15, 0.2) is 34.1 Å². The van der Waals surface area contributed by atoms with Crippen LogP contribution in [0.5, 0.6) is 11.5 Å². The molecule has 0 atom stereocenters. The first-order valence-corrected chi connectivity index (χ1v) is 19.2. The van der Waals surface area contributed by atoms with Crippen molar-refractivity contribution in [1.29, 1.82) is 0 Å². The van der Waals surface area contributed by atoms with Gasteiger partial charge in [-0.2, -0.15) is 0 Å². The molecule has 0 spiro atoms. The Morgan fingerprint density at radius 1 is 0.702 bits per heavy atom. The maximum Gasteiger partial charge on any atom is 0.236 e. The zero-order chi connectivity index (χ0) is 35.2. The lowest BCUT2D eigenvalue weighted by atomic mass is 9.79. The SMILES string of the molecule is COc1c(C(C)(C)C)cc(SC2(Sc3cc(C(C)(C)C)c(O)c(C(C)(C)C)c3)CCN(C(=O)CN3CCCC3)CC2)cc1C(C)(C)C. The molecule has 0 radical (unpaired) electrons. The van der Waals surface area contributed by atoms with Crippen molar-refractivity contribution >= 4 is 29.4 Å². The van der Waals surface area contributed by atoms with Gasteiger partial charge in [0, 0.05) is 45.1 Å². The van der Waals surface area contributed by atoms with Gasteiger partial charge in [0.15, 0.2) is 0 Å². The molecule has 7 heteroatoms. The summed E-state index contributed by atoms with van der Waals surface area (Å²) in [7, 11) is 1.79. The number of phenolic OH excluding ortho intramolecular Hbond substituents is 1. The summed E-state index contributed by atoms with van der Waals surface area (Å²) < 4.78 is 5.92. The van der Waals surface area contributed by atoms with E-state index in [9.17, 15) is 9.90 Å². The van der Waals surface area contributed by atoms with Gasteiger partial charge >= 0.3 is 0 Å². The van der Waals surface area contributed by atoms with Gasteiger partial charge in [0.05, 0.1) is 17.7 Å². The van der Waals surface area contributed by atoms with E-state index in [0.717, 1.165) is 55.9 Å². The minimum Gasteiger partial charge on any atom is -0.507 e. The summed E-state index contributed by atoms with van der Waals surface area (Å²) in [5.74, 6) is 1.67. The summed E-state index contributed by atoms with van der Waals surface area (Å²) in [5, 5.41) is 11.5. The minimum atomic E-state index is -0.203. The summed E-state index contributed by atoms with van der Waals surface area (Å²) in [4.78, 5) is 20.3. The van der Waals surface area contributed by atoms with E-state index in [1.165, 1.54) is 33.8 Å². The number of hydrogen-bond acceptors (Lipinski definition) is 6. The predicted octanol–water partition coefficient (Wildman–Crippen LogP) is 9.89. The van der Waals surface area contributed by atoms with Gasteiger partial charge in [-0.05, 0) is 84.7 Å². The number of methoxy groups -OCH3 is 1. The van der Waals surface area contributed by atoms with E-state index in [1.807, 2.05) is 23.5 Å². The Balaban J connectivity index is 1.80. The lowest BCUT2D eigenvalue weighted by Gasteiger charge is -2.42. The Labute approximate surface area is 295 Å². The van der Waals surface area contributed by atoms with Gasteiger partial charge in [-0.25, -0.2) is 0 Å². The molecule has 5 nitrogen and oxygen atoms in total. The van der Waals surface area contributed by atoms with Crippen LogP contribution in [0.2, 0.25) is 0 Å². The molecule has 2 fully saturated rings. The van der Waals surface area contributed by atoms with E-state index >= 15 is 0 Å². The normalized spacial score (nSPS) is 18.1. The van der Waals surface area contributed by atoms with Crippen LogP contribution in [0.4, 0.5) is 0 Å². The van der Waals surface area contributed by atoms with Gasteiger partial charge in [0.2, 0.25) is 5.91 Å². The van der Waals surface area contributed by atoms with Crippen LogP contribution in [-0.2, 0) is 26.5 Å². The number of rotatable bonds is 7. The predicted molar refractivity (Wildman–Crippen MR) is 202 cm³/mol. The van der Waals surface area contributed by atoms with Crippen molar-refractivity contribution in [2.24, 2.45) is 0 Å². The van der Waals surface area contributed by atoms with Crippen LogP contribution in [0.3, 0.4) is 0 Å². The molecule has 262 valence electrons. The number of phenols is 1. The first kappa shape index (κ1) is 38.0. The number of carbonyl (C=O) groups is 1. The Hall–Kier alpha value is -1.83. The van der Waals surface area contributed by atoms with Gasteiger partial charge in [-0.1, -0.05) is 83.1 Å². The van der Waals surface area contributed by atoms with Gasteiger partial charge in [0.1, 0.15) is 11.5 Å². The molecule has 2 saturated heterocycles. The summed E-state index contributed by atoms with van der Waals surface area (Å²) in [6.07, 6.45) is 4.15. The second-order valence-electron chi connectivity index (χ2n) is 17.9. The van der Waals surface area contributed by atoms with Crippen LogP contribution in [-0.4, -0.2) is 64.7 Å². The summed E-state index contributed by atoms with van der Waals surface area (Å²) in [6, 6.07) is 9.14. The zero-order valence-corrected chi connectivity index (χ0v) is 33.3. The first-order valence-electron chi connectivity index (χ1n) is 17.5. The summed E-state index contributed by atoms with van der Waals surface area (Å²) in [5.41, 5.74) is 3.84. The Bertz CT molecular complexity index is 1360. The summed E-state index contributed by atoms with van der Waals surface area (Å²) in [6.45, 7) is 30.7. The highest BCUT2D eigenvalue weighted by Crippen LogP contribution is 2.55. The van der Waals surface area contributed by atoms with Crippen molar-refractivity contribution in [2.75, 3.05) is 39.8 Å². The number of benzene rings is 2. The van der Waals surface area contributed by atoms with Crippen LogP contribution in [0, 0.1) is 0 Å². The highest BCUT2D eigenvalue weighted by Gasteiger charge is 2.40. The van der Waals surface area contributed by atoms with Crippen molar-refractivity contribution in [2.45, 2.75) is 144 Å². The van der Waals surface area contributed by atoms with Crippen molar-refractivity contribution in [3.05, 3.63) is 46.5 Å². The summed E-state index contributed by atoms with van der Waals surface area (Å²) >= 11 is 3.89. The van der Waals surface area contributed by atoms with Crippen LogP contribution < -0.4 is 4.74 Å². The number of carbonyl (C=O) groups excluding carboxylic acids is 1. The molecule has 2 aliphatic heterocycles. The standard InChI is InChI=1S/C40H62N2O3S2/c1-36(2,3)29-22-27(23-30(34(29)44)37(4,5)6)46-40(16-20-42(21-17-40)33(43)26-41-18-14-15-19-41)47-28-24-31(38(7,8)9)35(45-13)32(25-28)39(10,11)12/h22-25,44H,14-21,26H2,1-13H3. The second-order valence-corrected chi connectivity index (χ2v) is 21.1. The number of piperidine rings is 1. The fraction of sp³-hybridized carbons (Fsp3) is 0.675. The Morgan fingerprint density at radius 2 is 1.09 bits per heavy atom. The quantitative estimate of drug-likeness (QED) is 0.294. The first-order chi connectivity index (χ1) is 21.5. The average Bonchev–Trinajstić information content (AvgIpc) is 3.44. The largest absolute Gasteiger partial charge is 0.507 e. The van der Waals surface area contributed by atoms with Crippen molar-refractivity contribution in [3.63, 3.8) is 0 Å². The van der Waals surface area contributed by atoms with Gasteiger partial charge < -0.3 is 14.7 Å². The van der Waals surface area contributed by atoms with E-state index in [4.69, 9.17) is 4.74 Å². The third-order valence-electron chi connectivity index (χ3n) is 9.63. The van der Waals surface area contributed by atoms with E-state index in [0.29, 0.717) is 12.3 Å². The number of hydrogen-bond donors (Lipinski definition) is 1. The number of ether oxygens (including phenoxy) is 1. The molecular weight excluding hydrogens is 621 g/mol. The van der Waals surface area contributed by atoms with E-state index in [1.54, 1.807) is 7.11 Å². The average molecular weight is 683 g/mol. The van der Waals surface area contributed by atoms with Crippen molar-refractivity contribution in [3.8, 4) is 11.5 Å². The smallest absolute Gasteiger partial charge is 0.236 e. The Kier molecular flexibility index (Phi) is 11.2. The number of amides is 1. The third kappa shape index (κ3) is 9.05. The topological polar surface area (TPSA) is 53.0 Å². The second kappa shape index (κ2) is 13.8. The molecule has 0 aliphatic carbocycles. The fourth-order valence-electron chi connectivity index (χ4n) is 6.79. The number of nitrogens with zero attached hydrogens (tertiary/aromatic N) is 2. The molecule has 0 unspecified atom stereocenters. The highest BCUT2D eigenvalue weighted by molar-refractivity contribution is 8.18. The van der Waals surface area contributed by atoms with Crippen LogP contribution >= 0.6 is 23.5 Å². The number of aromatic hydroxyl groups is 1. The molecule has 0 saturated carbocycles. The zero-order valence-electron chi connectivity index (χ0n) is 31.6. The maximum atomic E-state index is 13.4. The molecule has 0 aromatic heterocycles. The molecule has 1 N–H and O–H groups in total. The Morgan fingerprint density at radius 3 is 1.45 bits per heavy atom. The lowest BCUT2D eigenvalue weighted by molar-refractivity contribution is -0.133. The monoisotopic (exact) mass is 682 g/mol. The molecule has 2 heterocycles. The van der Waals surface area contributed by atoms with Crippen molar-refractivity contribution < 1.29 is 14.6 Å². The molecule has 47 heavy (non-hydrogen) atoms. The fourth-order valence-corrected chi connectivity index (χ4v) is 9.87. The molecule has 0 bridgehead atoms. The molecule has 1 amide bonds. The molecule has 2 aromatic rings. The maximum absolute atomic E-state index is 13.4. The highest BCUT2D eigenvalue weighted by atomic mass is 32.2. The van der Waals surface area contributed by atoms with E-state index < -0.39 is 0 Å². The number of likely N-dealkylation sites (tertiary alicyclic amines) is 2. The van der Waals surface area contributed by atoms with E-state index in [2.05, 4.69) is 117 Å². The van der Waals surface area contributed by atoms with Crippen LogP contribution in [0.1, 0.15) is 131 Å². The van der Waals surface area contributed by atoms with Crippen LogP contribution in [0.25, 0.3) is 0 Å². The lowest BCUT2D eigenvalue weighted by Crippen LogP contribution is -2.47. The van der Waals surface area contributed by atoms with Gasteiger partial charge in [-0.3, -0.25) is 9.69 Å². The van der Waals surface area contributed by atoms with Gasteiger partial charge in [-0.15, -0.1) is 23.5 Å². The van der Waals surface area contributed by atoms with Gasteiger partial charge in [0.25, 0.3) is 0 Å².